The smallest absolute Gasteiger partial charge is 0.164 e. The van der Waals surface area contributed by atoms with Crippen molar-refractivity contribution in [3.05, 3.63) is 176 Å². The van der Waals surface area contributed by atoms with Gasteiger partial charge in [-0.25, -0.2) is 15.0 Å². The molecule has 0 aliphatic heterocycles. The summed E-state index contributed by atoms with van der Waals surface area (Å²) in [5.41, 5.74) is 9.19. The minimum absolute atomic E-state index is 0.627. The maximum atomic E-state index is 6.17. The summed E-state index contributed by atoms with van der Waals surface area (Å²) in [7, 11) is 0. The van der Waals surface area contributed by atoms with Gasteiger partial charge in [-0.3, -0.25) is 0 Å². The average Bonchev–Trinajstić information content (AvgIpc) is 3.58. The molecule has 0 amide bonds. The van der Waals surface area contributed by atoms with Crippen LogP contribution in [0.4, 0.5) is 0 Å². The van der Waals surface area contributed by atoms with E-state index in [4.69, 9.17) is 19.4 Å². The van der Waals surface area contributed by atoms with E-state index in [1.165, 1.54) is 21.9 Å². The number of para-hydroxylation sites is 1. The molecule has 4 heteroatoms. The Hall–Kier alpha value is -6.91. The van der Waals surface area contributed by atoms with Gasteiger partial charge in [0, 0.05) is 27.5 Å². The Bertz CT molecular complexity index is 2900. The molecule has 0 unspecified atom stereocenters. The number of benzene rings is 8. The molecule has 0 aliphatic carbocycles. The highest BCUT2D eigenvalue weighted by Crippen LogP contribution is 2.36. The number of furan rings is 1. The van der Waals surface area contributed by atoms with E-state index in [0.717, 1.165) is 60.5 Å². The maximum absolute atomic E-state index is 6.17. The van der Waals surface area contributed by atoms with Crippen molar-refractivity contribution in [2.45, 2.75) is 0 Å². The monoisotopic (exact) mass is 651 g/mol. The highest BCUT2D eigenvalue weighted by atomic mass is 16.3. The van der Waals surface area contributed by atoms with E-state index < -0.39 is 0 Å². The third-order valence-electron chi connectivity index (χ3n) is 9.74. The van der Waals surface area contributed by atoms with Gasteiger partial charge in [0.1, 0.15) is 11.2 Å². The van der Waals surface area contributed by atoms with Gasteiger partial charge in [0.25, 0.3) is 0 Å². The van der Waals surface area contributed by atoms with Gasteiger partial charge in [0.2, 0.25) is 0 Å². The van der Waals surface area contributed by atoms with Gasteiger partial charge in [0.05, 0.1) is 0 Å². The molecule has 0 atom stereocenters. The molecule has 4 nitrogen and oxygen atoms in total. The van der Waals surface area contributed by atoms with Crippen LogP contribution in [-0.4, -0.2) is 15.0 Å². The van der Waals surface area contributed by atoms with Crippen molar-refractivity contribution in [3.63, 3.8) is 0 Å². The Morgan fingerprint density at radius 3 is 1.69 bits per heavy atom. The maximum Gasteiger partial charge on any atom is 0.164 e. The van der Waals surface area contributed by atoms with E-state index in [9.17, 15) is 0 Å². The summed E-state index contributed by atoms with van der Waals surface area (Å²) < 4.78 is 6.17. The normalized spacial score (nSPS) is 11.5. The van der Waals surface area contributed by atoms with Crippen molar-refractivity contribution in [2.75, 3.05) is 0 Å². The fourth-order valence-electron chi connectivity index (χ4n) is 7.18. The summed E-state index contributed by atoms with van der Waals surface area (Å²) in [5, 5.41) is 6.95. The fraction of sp³-hybridized carbons (Fsp3) is 0. The van der Waals surface area contributed by atoms with Crippen LogP contribution in [-0.2, 0) is 0 Å². The third kappa shape index (κ3) is 5.13. The quantitative estimate of drug-likeness (QED) is 0.186. The number of fused-ring (bicyclic) bond motifs is 5. The predicted octanol–water partition coefficient (Wildman–Crippen LogP) is 12.4. The molecule has 51 heavy (non-hydrogen) atoms. The van der Waals surface area contributed by atoms with Crippen molar-refractivity contribution in [1.29, 1.82) is 0 Å². The number of aromatic nitrogens is 3. The van der Waals surface area contributed by atoms with Crippen molar-refractivity contribution >= 4 is 43.5 Å². The zero-order valence-electron chi connectivity index (χ0n) is 27.5. The molecule has 0 radical (unpaired) electrons. The minimum Gasteiger partial charge on any atom is -0.456 e. The number of hydrogen-bond acceptors (Lipinski definition) is 4. The molecule has 0 saturated heterocycles. The van der Waals surface area contributed by atoms with Gasteiger partial charge in [-0.15, -0.1) is 0 Å². The van der Waals surface area contributed by atoms with Gasteiger partial charge in [-0.2, -0.15) is 0 Å². The molecule has 8 aromatic carbocycles. The number of nitrogens with zero attached hydrogens (tertiary/aromatic N) is 3. The Kier molecular flexibility index (Phi) is 6.78. The molecule has 0 fully saturated rings. The van der Waals surface area contributed by atoms with Gasteiger partial charge in [-0.1, -0.05) is 152 Å². The first-order valence-electron chi connectivity index (χ1n) is 17.1. The van der Waals surface area contributed by atoms with Crippen LogP contribution in [0, 0.1) is 0 Å². The van der Waals surface area contributed by atoms with Gasteiger partial charge in [0.15, 0.2) is 17.5 Å². The second-order valence-electron chi connectivity index (χ2n) is 12.8. The van der Waals surface area contributed by atoms with E-state index in [1.807, 2.05) is 48.5 Å². The third-order valence-corrected chi connectivity index (χ3v) is 9.74. The average molecular weight is 652 g/mol. The van der Waals surface area contributed by atoms with Crippen LogP contribution in [0.5, 0.6) is 0 Å². The first-order chi connectivity index (χ1) is 25.2. The van der Waals surface area contributed by atoms with Crippen molar-refractivity contribution < 1.29 is 4.42 Å². The molecule has 10 aromatic rings. The van der Waals surface area contributed by atoms with Crippen LogP contribution in [0.15, 0.2) is 180 Å². The van der Waals surface area contributed by atoms with Crippen LogP contribution >= 0.6 is 0 Å². The fourth-order valence-corrected chi connectivity index (χ4v) is 7.18. The van der Waals surface area contributed by atoms with Gasteiger partial charge < -0.3 is 4.42 Å². The predicted molar refractivity (Wildman–Crippen MR) is 209 cm³/mol. The van der Waals surface area contributed by atoms with Crippen molar-refractivity contribution in [3.8, 4) is 56.4 Å². The number of hydrogen-bond donors (Lipinski definition) is 0. The standard InChI is InChI=1S/C47H29N3O/c1-2-11-32(12-3-1)45-48-46(33-22-20-30(21-23-33)34-24-27-41-40-16-6-7-19-43(40)51-44(41)29-34)50-47(49-45)42-18-9-14-35-28-36(25-26-39(35)42)38-17-8-13-31-10-4-5-15-37(31)38/h1-29H. The summed E-state index contributed by atoms with van der Waals surface area (Å²) in [6.45, 7) is 0. The SMILES string of the molecule is c1ccc(-c2nc(-c3ccc(-c4ccc5c(c4)oc4ccccc45)cc3)nc(-c3cccc4cc(-c5cccc6ccccc56)ccc34)n2)cc1. The zero-order chi connectivity index (χ0) is 33.7. The highest BCUT2D eigenvalue weighted by molar-refractivity contribution is 6.06. The topological polar surface area (TPSA) is 51.8 Å². The van der Waals surface area contributed by atoms with Gasteiger partial charge in [-0.05, 0) is 68.1 Å². The molecule has 0 aliphatic rings. The molecule has 0 spiro atoms. The van der Waals surface area contributed by atoms with Crippen LogP contribution in [0.3, 0.4) is 0 Å². The summed E-state index contributed by atoms with van der Waals surface area (Å²) in [6.07, 6.45) is 0. The van der Waals surface area contributed by atoms with E-state index >= 15 is 0 Å². The Morgan fingerprint density at radius 1 is 0.294 bits per heavy atom. The molecular formula is C47H29N3O. The molecule has 10 rings (SSSR count). The van der Waals surface area contributed by atoms with E-state index in [1.54, 1.807) is 0 Å². The van der Waals surface area contributed by atoms with E-state index in [0.29, 0.717) is 17.5 Å². The van der Waals surface area contributed by atoms with E-state index in [-0.39, 0.29) is 0 Å². The molecule has 2 heterocycles. The summed E-state index contributed by atoms with van der Waals surface area (Å²) in [5.74, 6) is 1.91. The summed E-state index contributed by atoms with van der Waals surface area (Å²) in [4.78, 5) is 15.1. The largest absolute Gasteiger partial charge is 0.456 e. The van der Waals surface area contributed by atoms with Gasteiger partial charge >= 0.3 is 0 Å². The van der Waals surface area contributed by atoms with Crippen LogP contribution in [0.25, 0.3) is 99.9 Å². The highest BCUT2D eigenvalue weighted by Gasteiger charge is 2.16. The lowest BCUT2D eigenvalue weighted by molar-refractivity contribution is 0.669. The lowest BCUT2D eigenvalue weighted by Crippen LogP contribution is -2.00. The first-order valence-corrected chi connectivity index (χ1v) is 17.1. The molecule has 0 bridgehead atoms. The van der Waals surface area contributed by atoms with E-state index in [2.05, 4.69) is 127 Å². The Balaban J connectivity index is 1.06. The Morgan fingerprint density at radius 2 is 0.843 bits per heavy atom. The molecule has 0 N–H and O–H groups in total. The second kappa shape index (κ2) is 11.9. The minimum atomic E-state index is 0.627. The van der Waals surface area contributed by atoms with Crippen molar-refractivity contribution in [1.82, 2.24) is 15.0 Å². The van der Waals surface area contributed by atoms with Crippen LogP contribution in [0.2, 0.25) is 0 Å². The molecular weight excluding hydrogens is 623 g/mol. The lowest BCUT2D eigenvalue weighted by Gasteiger charge is -2.12. The Labute approximate surface area is 294 Å². The lowest BCUT2D eigenvalue weighted by atomic mass is 9.95. The summed E-state index contributed by atoms with van der Waals surface area (Å²) in [6, 6.07) is 61.1. The zero-order valence-corrected chi connectivity index (χ0v) is 27.5. The van der Waals surface area contributed by atoms with Crippen molar-refractivity contribution in [2.24, 2.45) is 0 Å². The second-order valence-corrected chi connectivity index (χ2v) is 12.8. The molecule has 2 aromatic heterocycles. The molecule has 238 valence electrons. The summed E-state index contributed by atoms with van der Waals surface area (Å²) >= 11 is 0. The number of rotatable bonds is 5. The van der Waals surface area contributed by atoms with Crippen LogP contribution in [0.1, 0.15) is 0 Å². The molecule has 0 saturated carbocycles. The van der Waals surface area contributed by atoms with Crippen LogP contribution < -0.4 is 0 Å². The first kappa shape index (κ1) is 29.0.